The molecule has 4 bridgehead atoms. The molecule has 8 atom stereocenters. The summed E-state index contributed by atoms with van der Waals surface area (Å²) < 4.78 is 29.2. The van der Waals surface area contributed by atoms with Crippen LogP contribution in [-0.2, 0) is 39.8 Å². The minimum Gasteiger partial charge on any atom is -0.495 e. The molecule has 1 aromatic rings. The number of carbonyl (C=O) groups excluding carboxylic acids is 4. The van der Waals surface area contributed by atoms with Crippen molar-refractivity contribution in [1.82, 2.24) is 10.2 Å². The molecule has 0 spiro atoms. The summed E-state index contributed by atoms with van der Waals surface area (Å²) in [6, 6.07) is 2.64. The average molecular weight is 752 g/mol. The second kappa shape index (κ2) is 16.6. The number of likely N-dealkylation sites (N-methyl/N-ethyl adjacent to an activating group) is 1. The summed E-state index contributed by atoms with van der Waals surface area (Å²) in [6.45, 7) is 7.01. The summed E-state index contributed by atoms with van der Waals surface area (Å²) in [7, 11) is 6.03. The molecule has 3 amide bonds. The second-order valence-corrected chi connectivity index (χ2v) is 14.5. The Kier molecular flexibility index (Phi) is 13.2. The molecule has 51 heavy (non-hydrogen) atoms. The molecule has 3 aliphatic rings. The molecule has 282 valence electrons. The lowest BCUT2D eigenvalue weighted by Gasteiger charge is -2.42. The minimum absolute atomic E-state index is 0.0206. The van der Waals surface area contributed by atoms with Crippen LogP contribution in [0.4, 0.5) is 10.5 Å². The highest BCUT2D eigenvalue weighted by Crippen LogP contribution is 2.49. The number of esters is 1. The molecule has 3 aliphatic heterocycles. The zero-order valence-corrected chi connectivity index (χ0v) is 32.1. The highest BCUT2D eigenvalue weighted by molar-refractivity contribution is 7.80. The van der Waals surface area contributed by atoms with Crippen molar-refractivity contribution in [3.8, 4) is 5.75 Å². The molecular formula is C36H50ClN3O10S. The van der Waals surface area contributed by atoms with E-state index in [0.717, 1.165) is 11.1 Å². The number of rotatable bonds is 7. The summed E-state index contributed by atoms with van der Waals surface area (Å²) in [5.41, 5.74) is -0.753. The van der Waals surface area contributed by atoms with E-state index in [1.165, 1.54) is 31.1 Å². The molecule has 15 heteroatoms. The van der Waals surface area contributed by atoms with Gasteiger partial charge in [-0.15, -0.1) is 0 Å². The number of carbonyl (C=O) groups is 4. The Bertz CT molecular complexity index is 1560. The zero-order chi connectivity index (χ0) is 37.8. The Morgan fingerprint density at radius 2 is 1.96 bits per heavy atom. The lowest BCUT2D eigenvalue weighted by atomic mass is 9.83. The molecule has 0 aromatic heterocycles. The van der Waals surface area contributed by atoms with Crippen LogP contribution in [0.3, 0.4) is 0 Å². The van der Waals surface area contributed by atoms with Gasteiger partial charge in [0.2, 0.25) is 11.8 Å². The van der Waals surface area contributed by atoms with Gasteiger partial charge in [-0.05, 0) is 57.1 Å². The van der Waals surface area contributed by atoms with Gasteiger partial charge in [-0.1, -0.05) is 42.3 Å². The van der Waals surface area contributed by atoms with Gasteiger partial charge in [0.05, 0.1) is 25.3 Å². The Labute approximate surface area is 310 Å². The molecule has 4 rings (SSSR count). The van der Waals surface area contributed by atoms with Crippen LogP contribution >= 0.6 is 24.2 Å². The first-order valence-corrected chi connectivity index (χ1v) is 17.9. The fraction of sp³-hybridized carbons (Fsp3) is 0.611. The number of amides is 3. The maximum Gasteiger partial charge on any atom is 0.409 e. The van der Waals surface area contributed by atoms with Crippen molar-refractivity contribution < 1.29 is 48.0 Å². The number of aliphatic hydroxyl groups is 1. The number of benzene rings is 1. The van der Waals surface area contributed by atoms with Crippen LogP contribution in [0.1, 0.15) is 58.9 Å². The topological polar surface area (TPSA) is 156 Å². The van der Waals surface area contributed by atoms with E-state index >= 15 is 0 Å². The number of hydrogen-bond acceptors (Lipinski definition) is 11. The standard InChI is InChI=1S/C36H50ClN3O10S/c1-20-11-9-10-12-27(47-8)36(45)19-26(48-34(44)38-36)21(2)32-35(4,50-32)28(49-33(43)22(3)39(5)29(41)13-14-51)18-30(42)40(6)24-16-23(15-20)17-25(46-7)31(24)37/h9-11,16-17,21-22,26-28,32,45,51H,12-15,18-19H2,1-8H3,(H,38,44)/b10-9+,20-11+/t21-,22+,26+,27-,28+,32+,35+,36+/m1/s1. The van der Waals surface area contributed by atoms with Crippen LogP contribution < -0.4 is 15.0 Å². The molecular weight excluding hydrogens is 702 g/mol. The summed E-state index contributed by atoms with van der Waals surface area (Å²) in [6.07, 6.45) is 1.98. The van der Waals surface area contributed by atoms with Gasteiger partial charge in [0.15, 0.2) is 5.72 Å². The molecule has 0 saturated carbocycles. The number of anilines is 1. The van der Waals surface area contributed by atoms with Crippen LogP contribution in [0, 0.1) is 5.92 Å². The molecule has 13 nitrogen and oxygen atoms in total. The van der Waals surface area contributed by atoms with E-state index in [-0.39, 0.29) is 36.6 Å². The molecule has 0 radical (unpaired) electrons. The Morgan fingerprint density at radius 1 is 1.25 bits per heavy atom. The van der Waals surface area contributed by atoms with Gasteiger partial charge in [0, 0.05) is 40.0 Å². The summed E-state index contributed by atoms with van der Waals surface area (Å²) >= 11 is 10.9. The van der Waals surface area contributed by atoms with Crippen molar-refractivity contribution in [3.63, 3.8) is 0 Å². The van der Waals surface area contributed by atoms with Gasteiger partial charge in [0.25, 0.3) is 0 Å². The number of ether oxygens (including phenoxy) is 5. The molecule has 0 unspecified atom stereocenters. The SMILES string of the molecule is COc1cc2cc(c1Cl)N(C)C(=O)C[C@H](OC(=O)[C@H](C)N(C)C(=O)CCS)[C@]1(C)O[C@H]1[C@H](C)[C@@H]1C[C@@](O)(NC(=O)O1)[C@H](OC)C/C=C/C=C(\C)C2. The van der Waals surface area contributed by atoms with Crippen molar-refractivity contribution in [2.45, 2.75) is 102 Å². The highest BCUT2D eigenvalue weighted by Gasteiger charge is 2.64. The minimum atomic E-state index is -1.77. The highest BCUT2D eigenvalue weighted by atomic mass is 35.5. The first kappa shape index (κ1) is 40.5. The maximum atomic E-state index is 14.1. The van der Waals surface area contributed by atoms with Crippen LogP contribution in [0.15, 0.2) is 35.9 Å². The molecule has 1 aromatic carbocycles. The van der Waals surface area contributed by atoms with Crippen molar-refractivity contribution in [3.05, 3.63) is 46.5 Å². The fourth-order valence-electron chi connectivity index (χ4n) is 6.68. The first-order valence-electron chi connectivity index (χ1n) is 16.9. The Morgan fingerprint density at radius 3 is 2.61 bits per heavy atom. The van der Waals surface area contributed by atoms with Crippen molar-refractivity contribution in [2.75, 3.05) is 39.0 Å². The lowest BCUT2D eigenvalue weighted by molar-refractivity contribution is -0.162. The number of fused-ring (bicyclic) bond motifs is 5. The predicted octanol–water partition coefficient (Wildman–Crippen LogP) is 4.22. The number of thiol groups is 1. The van der Waals surface area contributed by atoms with E-state index in [2.05, 4.69) is 17.9 Å². The van der Waals surface area contributed by atoms with E-state index in [0.29, 0.717) is 23.6 Å². The van der Waals surface area contributed by atoms with E-state index in [1.54, 1.807) is 33.9 Å². The fourth-order valence-corrected chi connectivity index (χ4v) is 7.19. The molecule has 3 heterocycles. The number of nitrogens with one attached hydrogen (secondary N) is 1. The lowest BCUT2D eigenvalue weighted by Crippen LogP contribution is -2.64. The molecule has 2 N–H and O–H groups in total. The first-order chi connectivity index (χ1) is 24.0. The van der Waals surface area contributed by atoms with Gasteiger partial charge < -0.3 is 38.6 Å². The number of nitrogens with zero attached hydrogens (tertiary/aromatic N) is 2. The van der Waals surface area contributed by atoms with Gasteiger partial charge in [-0.25, -0.2) is 9.59 Å². The van der Waals surface area contributed by atoms with E-state index in [1.807, 2.05) is 31.2 Å². The Hall–Kier alpha value is -3.30. The summed E-state index contributed by atoms with van der Waals surface area (Å²) in [4.78, 5) is 55.7. The van der Waals surface area contributed by atoms with E-state index in [4.69, 9.17) is 35.3 Å². The maximum absolute atomic E-state index is 14.1. The molecule has 2 saturated heterocycles. The molecule has 0 aliphatic carbocycles. The van der Waals surface area contributed by atoms with Gasteiger partial charge >= 0.3 is 12.1 Å². The third-order valence-electron chi connectivity index (χ3n) is 10.1. The Balaban J connectivity index is 1.76. The van der Waals surface area contributed by atoms with E-state index in [9.17, 15) is 24.3 Å². The van der Waals surface area contributed by atoms with Crippen LogP contribution in [0.5, 0.6) is 5.75 Å². The normalized spacial score (nSPS) is 32.2. The van der Waals surface area contributed by atoms with Crippen molar-refractivity contribution in [2.24, 2.45) is 5.92 Å². The van der Waals surface area contributed by atoms with Crippen molar-refractivity contribution in [1.29, 1.82) is 0 Å². The number of methoxy groups -OCH3 is 2. The monoisotopic (exact) mass is 751 g/mol. The largest absolute Gasteiger partial charge is 0.495 e. The number of allylic oxidation sites excluding steroid dienone is 3. The number of alkyl carbamates (subject to hydrolysis) is 1. The number of hydrogen-bond donors (Lipinski definition) is 3. The summed E-state index contributed by atoms with van der Waals surface area (Å²) in [5, 5.41) is 14.5. The number of epoxide rings is 1. The smallest absolute Gasteiger partial charge is 0.409 e. The third kappa shape index (κ3) is 9.02. The van der Waals surface area contributed by atoms with Gasteiger partial charge in [-0.2, -0.15) is 12.6 Å². The molecule has 2 fully saturated rings. The predicted molar refractivity (Wildman–Crippen MR) is 194 cm³/mol. The van der Waals surface area contributed by atoms with Crippen molar-refractivity contribution >= 4 is 53.8 Å². The van der Waals surface area contributed by atoms with Gasteiger partial charge in [0.1, 0.15) is 40.7 Å². The zero-order valence-electron chi connectivity index (χ0n) is 30.4. The quantitative estimate of drug-likeness (QED) is 0.210. The average Bonchev–Trinajstić information content (AvgIpc) is 3.78. The summed E-state index contributed by atoms with van der Waals surface area (Å²) in [5.74, 6) is -1.28. The number of halogens is 1. The van der Waals surface area contributed by atoms with E-state index < -0.39 is 65.7 Å². The third-order valence-corrected chi connectivity index (χ3v) is 10.7. The van der Waals surface area contributed by atoms with Crippen LogP contribution in [0.25, 0.3) is 0 Å². The van der Waals surface area contributed by atoms with Gasteiger partial charge in [-0.3, -0.25) is 14.9 Å². The van der Waals surface area contributed by atoms with Crippen LogP contribution in [0.2, 0.25) is 5.02 Å². The van der Waals surface area contributed by atoms with Crippen LogP contribution in [-0.4, -0.2) is 110 Å². The second-order valence-electron chi connectivity index (χ2n) is 13.7.